The summed E-state index contributed by atoms with van der Waals surface area (Å²) < 4.78 is 0.267. The lowest BCUT2D eigenvalue weighted by Gasteiger charge is -2.39. The maximum atomic E-state index is 8.84. The van der Waals surface area contributed by atoms with Crippen molar-refractivity contribution in [3.8, 4) is 6.07 Å². The number of thioether (sulfide) groups is 1. The maximum Gasteiger partial charge on any atom is 0.194 e. The Bertz CT molecular complexity index is 557. The number of nitriles is 1. The van der Waals surface area contributed by atoms with E-state index >= 15 is 0 Å². The summed E-state index contributed by atoms with van der Waals surface area (Å²) in [7, 11) is 0. The van der Waals surface area contributed by atoms with Crippen LogP contribution >= 0.6 is 11.8 Å². The second-order valence-electron chi connectivity index (χ2n) is 6.01. The lowest BCUT2D eigenvalue weighted by molar-refractivity contribution is 0.376. The van der Waals surface area contributed by atoms with Crippen LogP contribution in [-0.2, 0) is 6.54 Å². The van der Waals surface area contributed by atoms with Crippen molar-refractivity contribution in [3.05, 3.63) is 35.4 Å². The van der Waals surface area contributed by atoms with Crippen molar-refractivity contribution in [2.75, 3.05) is 25.4 Å². The van der Waals surface area contributed by atoms with E-state index in [1.165, 1.54) is 0 Å². The fourth-order valence-electron chi connectivity index (χ4n) is 2.47. The molecular formula is C17H24N4S. The molecule has 1 heterocycles. The summed E-state index contributed by atoms with van der Waals surface area (Å²) in [5, 5.41) is 12.2. The Morgan fingerprint density at radius 1 is 1.41 bits per heavy atom. The van der Waals surface area contributed by atoms with Crippen LogP contribution in [0.5, 0.6) is 0 Å². The number of nitrogens with one attached hydrogen (secondary N) is 1. The molecule has 0 aliphatic carbocycles. The molecule has 1 fully saturated rings. The predicted molar refractivity (Wildman–Crippen MR) is 94.1 cm³/mol. The molecule has 1 N–H and O–H groups in total. The first-order valence-corrected chi connectivity index (χ1v) is 8.69. The van der Waals surface area contributed by atoms with Gasteiger partial charge in [0, 0.05) is 30.1 Å². The standard InChI is InChI=1S/C17H24N4S/c1-4-19-16(21-9-10-22-17(2,3)13-21)20-12-15-7-5-14(11-18)6-8-15/h5-8H,4,9-10,12-13H2,1-3H3,(H,19,20). The van der Waals surface area contributed by atoms with Gasteiger partial charge in [0.2, 0.25) is 0 Å². The Morgan fingerprint density at radius 2 is 2.14 bits per heavy atom. The fraction of sp³-hybridized carbons (Fsp3) is 0.529. The number of aliphatic imine (C=N–C) groups is 1. The molecule has 4 nitrogen and oxygen atoms in total. The van der Waals surface area contributed by atoms with E-state index in [0.717, 1.165) is 36.9 Å². The molecule has 0 spiro atoms. The average molecular weight is 316 g/mol. The fourth-order valence-corrected chi connectivity index (χ4v) is 3.59. The Kier molecular flexibility index (Phi) is 5.73. The minimum absolute atomic E-state index is 0.267. The monoisotopic (exact) mass is 316 g/mol. The molecule has 0 bridgehead atoms. The zero-order chi connectivity index (χ0) is 16.0. The van der Waals surface area contributed by atoms with E-state index in [-0.39, 0.29) is 4.75 Å². The molecule has 1 aromatic rings. The van der Waals surface area contributed by atoms with Crippen molar-refractivity contribution in [1.82, 2.24) is 10.2 Å². The summed E-state index contributed by atoms with van der Waals surface area (Å²) in [4.78, 5) is 7.12. The van der Waals surface area contributed by atoms with Gasteiger partial charge in [0.1, 0.15) is 0 Å². The van der Waals surface area contributed by atoms with Crippen molar-refractivity contribution in [3.63, 3.8) is 0 Å². The molecule has 0 atom stereocenters. The van der Waals surface area contributed by atoms with Crippen LogP contribution in [0.1, 0.15) is 31.9 Å². The third kappa shape index (κ3) is 4.67. The molecule has 0 radical (unpaired) electrons. The van der Waals surface area contributed by atoms with E-state index in [1.807, 2.05) is 36.0 Å². The normalized spacial score (nSPS) is 17.9. The maximum absolute atomic E-state index is 8.84. The number of rotatable bonds is 3. The van der Waals surface area contributed by atoms with Crippen LogP contribution in [-0.4, -0.2) is 41.0 Å². The Balaban J connectivity index is 2.07. The summed E-state index contributed by atoms with van der Waals surface area (Å²) in [6, 6.07) is 9.78. The minimum Gasteiger partial charge on any atom is -0.357 e. The first-order chi connectivity index (χ1) is 10.5. The zero-order valence-corrected chi connectivity index (χ0v) is 14.4. The second kappa shape index (κ2) is 7.55. The first-order valence-electron chi connectivity index (χ1n) is 7.70. The number of hydrogen-bond acceptors (Lipinski definition) is 3. The highest BCUT2D eigenvalue weighted by molar-refractivity contribution is 8.00. The topological polar surface area (TPSA) is 51.4 Å². The van der Waals surface area contributed by atoms with Crippen LogP contribution in [0.3, 0.4) is 0 Å². The van der Waals surface area contributed by atoms with Crippen molar-refractivity contribution in [2.45, 2.75) is 32.1 Å². The molecule has 2 rings (SSSR count). The Morgan fingerprint density at radius 3 is 2.73 bits per heavy atom. The summed E-state index contributed by atoms with van der Waals surface area (Å²) >= 11 is 2.02. The van der Waals surface area contributed by atoms with Gasteiger partial charge < -0.3 is 10.2 Å². The second-order valence-corrected chi connectivity index (χ2v) is 7.81. The van der Waals surface area contributed by atoms with E-state index in [1.54, 1.807) is 0 Å². The molecule has 0 saturated carbocycles. The van der Waals surface area contributed by atoms with Gasteiger partial charge in [-0.3, -0.25) is 0 Å². The van der Waals surface area contributed by atoms with Crippen molar-refractivity contribution >= 4 is 17.7 Å². The molecule has 22 heavy (non-hydrogen) atoms. The molecular weight excluding hydrogens is 292 g/mol. The Hall–Kier alpha value is -1.67. The summed E-state index contributed by atoms with van der Waals surface area (Å²) in [6.07, 6.45) is 0. The van der Waals surface area contributed by atoms with Gasteiger partial charge in [0.05, 0.1) is 18.2 Å². The van der Waals surface area contributed by atoms with Crippen molar-refractivity contribution in [1.29, 1.82) is 5.26 Å². The van der Waals surface area contributed by atoms with Gasteiger partial charge in [-0.05, 0) is 38.5 Å². The predicted octanol–water partition coefficient (Wildman–Crippen LogP) is 2.85. The smallest absolute Gasteiger partial charge is 0.194 e. The summed E-state index contributed by atoms with van der Waals surface area (Å²) in [5.74, 6) is 2.12. The zero-order valence-electron chi connectivity index (χ0n) is 13.6. The number of guanidine groups is 1. The lowest BCUT2D eigenvalue weighted by atomic mass is 10.1. The molecule has 1 aliphatic rings. The van der Waals surface area contributed by atoms with Crippen LogP contribution in [0.2, 0.25) is 0 Å². The number of benzene rings is 1. The van der Waals surface area contributed by atoms with E-state index in [9.17, 15) is 0 Å². The molecule has 118 valence electrons. The van der Waals surface area contributed by atoms with Crippen molar-refractivity contribution in [2.24, 2.45) is 4.99 Å². The minimum atomic E-state index is 0.267. The van der Waals surface area contributed by atoms with Crippen LogP contribution in [0.4, 0.5) is 0 Å². The van der Waals surface area contributed by atoms with Gasteiger partial charge in [-0.15, -0.1) is 0 Å². The van der Waals surface area contributed by atoms with E-state index in [0.29, 0.717) is 12.1 Å². The van der Waals surface area contributed by atoms with Crippen LogP contribution < -0.4 is 5.32 Å². The Labute approximate surface area is 137 Å². The molecule has 0 aromatic heterocycles. The van der Waals surface area contributed by atoms with Crippen LogP contribution in [0.25, 0.3) is 0 Å². The molecule has 0 unspecified atom stereocenters. The van der Waals surface area contributed by atoms with Gasteiger partial charge in [0.25, 0.3) is 0 Å². The van der Waals surface area contributed by atoms with E-state index in [2.05, 4.69) is 37.1 Å². The lowest BCUT2D eigenvalue weighted by Crippen LogP contribution is -2.50. The number of hydrogen-bond donors (Lipinski definition) is 1. The van der Waals surface area contributed by atoms with Gasteiger partial charge in [-0.2, -0.15) is 17.0 Å². The third-order valence-electron chi connectivity index (χ3n) is 3.55. The highest BCUT2D eigenvalue weighted by atomic mass is 32.2. The molecule has 1 saturated heterocycles. The SMILES string of the molecule is CCNC(=NCc1ccc(C#N)cc1)N1CCSC(C)(C)C1. The molecule has 5 heteroatoms. The molecule has 1 aliphatic heterocycles. The summed E-state index contributed by atoms with van der Waals surface area (Å²) in [6.45, 7) is 10.2. The van der Waals surface area contributed by atoms with Gasteiger partial charge >= 0.3 is 0 Å². The van der Waals surface area contributed by atoms with Gasteiger partial charge in [-0.25, -0.2) is 4.99 Å². The van der Waals surface area contributed by atoms with Crippen LogP contribution in [0, 0.1) is 11.3 Å². The third-order valence-corrected chi connectivity index (χ3v) is 4.85. The highest BCUT2D eigenvalue weighted by Gasteiger charge is 2.28. The average Bonchev–Trinajstić information content (AvgIpc) is 2.51. The molecule has 0 amide bonds. The quantitative estimate of drug-likeness (QED) is 0.688. The summed E-state index contributed by atoms with van der Waals surface area (Å²) in [5.41, 5.74) is 1.81. The first kappa shape index (κ1) is 16.7. The van der Waals surface area contributed by atoms with Gasteiger partial charge in [0.15, 0.2) is 5.96 Å². The largest absolute Gasteiger partial charge is 0.357 e. The van der Waals surface area contributed by atoms with Crippen molar-refractivity contribution < 1.29 is 0 Å². The van der Waals surface area contributed by atoms with Crippen LogP contribution in [0.15, 0.2) is 29.3 Å². The molecule has 1 aromatic carbocycles. The highest BCUT2D eigenvalue weighted by Crippen LogP contribution is 2.29. The van der Waals surface area contributed by atoms with E-state index < -0.39 is 0 Å². The van der Waals surface area contributed by atoms with E-state index in [4.69, 9.17) is 10.3 Å². The van der Waals surface area contributed by atoms with Gasteiger partial charge in [-0.1, -0.05) is 12.1 Å². The number of nitrogens with zero attached hydrogens (tertiary/aromatic N) is 3.